The molecule has 4 heteroatoms. The third kappa shape index (κ3) is 3.12. The number of aromatic nitrogens is 2. The minimum absolute atomic E-state index is 0.131. The lowest BCUT2D eigenvalue weighted by Crippen LogP contribution is -2.19. The molecule has 1 unspecified atom stereocenters. The van der Waals surface area contributed by atoms with E-state index in [0.29, 0.717) is 18.4 Å². The smallest absolute Gasteiger partial charge is 0.225 e. The Labute approximate surface area is 109 Å². The van der Waals surface area contributed by atoms with E-state index in [9.17, 15) is 4.79 Å². The average Bonchev–Trinajstić information content (AvgIpc) is 2.99. The van der Waals surface area contributed by atoms with Crippen molar-refractivity contribution < 1.29 is 4.79 Å². The van der Waals surface area contributed by atoms with Gasteiger partial charge < -0.3 is 5.32 Å². The van der Waals surface area contributed by atoms with Crippen LogP contribution in [0.4, 0.5) is 5.82 Å². The number of nitrogens with one attached hydrogen (secondary N) is 1. The number of anilines is 1. The summed E-state index contributed by atoms with van der Waals surface area (Å²) in [5, 5.41) is 7.27. The van der Waals surface area contributed by atoms with Crippen LogP contribution in [0.15, 0.2) is 12.3 Å². The third-order valence-corrected chi connectivity index (χ3v) is 3.89. The summed E-state index contributed by atoms with van der Waals surface area (Å²) in [6.45, 7) is 4.23. The van der Waals surface area contributed by atoms with Gasteiger partial charge in [0.05, 0.1) is 12.2 Å². The molecule has 2 rings (SSSR count). The zero-order valence-electron chi connectivity index (χ0n) is 11.4. The highest BCUT2D eigenvalue weighted by atomic mass is 16.1. The highest BCUT2D eigenvalue weighted by Gasteiger charge is 2.19. The van der Waals surface area contributed by atoms with Crippen molar-refractivity contribution in [3.63, 3.8) is 0 Å². The molecule has 1 atom stereocenters. The van der Waals surface area contributed by atoms with Crippen LogP contribution in [-0.4, -0.2) is 15.7 Å². The van der Waals surface area contributed by atoms with Gasteiger partial charge in [0.2, 0.25) is 5.91 Å². The lowest BCUT2D eigenvalue weighted by molar-refractivity contribution is -0.117. The standard InChI is InChI=1S/C14H23N3O/c1-3-11(2)17-13(8-9-15-17)16-14(18)10-12-6-4-5-7-12/h8-9,11-12H,3-7,10H2,1-2H3,(H,16,18). The highest BCUT2D eigenvalue weighted by molar-refractivity contribution is 5.90. The Hall–Kier alpha value is -1.32. The molecule has 1 aliphatic carbocycles. The summed E-state index contributed by atoms with van der Waals surface area (Å²) in [5.74, 6) is 1.55. The lowest BCUT2D eigenvalue weighted by Gasteiger charge is -2.15. The molecular formula is C14H23N3O. The fourth-order valence-corrected chi connectivity index (χ4v) is 2.61. The van der Waals surface area contributed by atoms with E-state index < -0.39 is 0 Å². The van der Waals surface area contributed by atoms with Crippen molar-refractivity contribution >= 4 is 11.7 Å². The van der Waals surface area contributed by atoms with Gasteiger partial charge in [-0.1, -0.05) is 19.8 Å². The summed E-state index contributed by atoms with van der Waals surface area (Å²) in [6, 6.07) is 2.19. The van der Waals surface area contributed by atoms with Crippen molar-refractivity contribution in [2.24, 2.45) is 5.92 Å². The van der Waals surface area contributed by atoms with Crippen molar-refractivity contribution in [3.8, 4) is 0 Å². The summed E-state index contributed by atoms with van der Waals surface area (Å²) >= 11 is 0. The molecule has 0 bridgehead atoms. The molecule has 1 aliphatic rings. The predicted molar refractivity (Wildman–Crippen MR) is 72.4 cm³/mol. The van der Waals surface area contributed by atoms with Crippen LogP contribution in [0.25, 0.3) is 0 Å². The Morgan fingerprint density at radius 1 is 1.56 bits per heavy atom. The lowest BCUT2D eigenvalue weighted by atomic mass is 10.0. The third-order valence-electron chi connectivity index (χ3n) is 3.89. The minimum atomic E-state index is 0.131. The normalized spacial score (nSPS) is 17.9. The van der Waals surface area contributed by atoms with Crippen molar-refractivity contribution in [3.05, 3.63) is 12.3 Å². The Kier molecular flexibility index (Phi) is 4.39. The summed E-state index contributed by atoms with van der Waals surface area (Å²) in [4.78, 5) is 12.0. The zero-order valence-corrected chi connectivity index (χ0v) is 11.4. The Morgan fingerprint density at radius 2 is 2.28 bits per heavy atom. The topological polar surface area (TPSA) is 46.9 Å². The number of hydrogen-bond donors (Lipinski definition) is 1. The quantitative estimate of drug-likeness (QED) is 0.869. The highest BCUT2D eigenvalue weighted by Crippen LogP contribution is 2.28. The molecule has 1 aromatic heterocycles. The molecule has 1 saturated carbocycles. The molecule has 0 spiro atoms. The molecule has 0 aliphatic heterocycles. The number of amides is 1. The number of nitrogens with zero attached hydrogens (tertiary/aromatic N) is 2. The van der Waals surface area contributed by atoms with Crippen LogP contribution < -0.4 is 5.32 Å². The Morgan fingerprint density at radius 3 is 2.94 bits per heavy atom. The largest absolute Gasteiger partial charge is 0.311 e. The molecule has 4 nitrogen and oxygen atoms in total. The van der Waals surface area contributed by atoms with Gasteiger partial charge in [0, 0.05) is 12.5 Å². The molecule has 0 aromatic carbocycles. The molecule has 0 radical (unpaired) electrons. The maximum Gasteiger partial charge on any atom is 0.225 e. The van der Waals surface area contributed by atoms with Gasteiger partial charge in [-0.25, -0.2) is 4.68 Å². The van der Waals surface area contributed by atoms with Crippen LogP contribution in [0.1, 0.15) is 58.4 Å². The van der Waals surface area contributed by atoms with E-state index in [1.165, 1.54) is 25.7 Å². The van der Waals surface area contributed by atoms with Crippen molar-refractivity contribution in [2.45, 2.75) is 58.4 Å². The fourth-order valence-electron chi connectivity index (χ4n) is 2.61. The average molecular weight is 249 g/mol. The molecule has 1 heterocycles. The summed E-state index contributed by atoms with van der Waals surface area (Å²) in [5.41, 5.74) is 0. The maximum absolute atomic E-state index is 12.0. The first-order valence-electron chi connectivity index (χ1n) is 7.04. The molecule has 0 saturated heterocycles. The van der Waals surface area contributed by atoms with E-state index in [1.54, 1.807) is 6.20 Å². The number of carbonyl (C=O) groups excluding carboxylic acids is 1. The summed E-state index contributed by atoms with van der Waals surface area (Å²) in [6.07, 6.45) is 8.39. The fraction of sp³-hybridized carbons (Fsp3) is 0.714. The second kappa shape index (κ2) is 6.03. The Balaban J connectivity index is 1.92. The first-order valence-corrected chi connectivity index (χ1v) is 7.04. The van der Waals surface area contributed by atoms with Gasteiger partial charge in [-0.3, -0.25) is 4.79 Å². The number of hydrogen-bond acceptors (Lipinski definition) is 2. The van der Waals surface area contributed by atoms with Crippen molar-refractivity contribution in [2.75, 3.05) is 5.32 Å². The zero-order chi connectivity index (χ0) is 13.0. The van der Waals surface area contributed by atoms with E-state index in [-0.39, 0.29) is 5.91 Å². The summed E-state index contributed by atoms with van der Waals surface area (Å²) in [7, 11) is 0. The van der Waals surface area contributed by atoms with Gasteiger partial charge in [-0.15, -0.1) is 0 Å². The van der Waals surface area contributed by atoms with Gasteiger partial charge in [0.25, 0.3) is 0 Å². The molecular weight excluding hydrogens is 226 g/mol. The number of rotatable bonds is 5. The van der Waals surface area contributed by atoms with Crippen LogP contribution in [-0.2, 0) is 4.79 Å². The SMILES string of the molecule is CCC(C)n1nccc1NC(=O)CC1CCCC1. The van der Waals surface area contributed by atoms with E-state index in [0.717, 1.165) is 12.2 Å². The van der Waals surface area contributed by atoms with E-state index in [1.807, 2.05) is 10.7 Å². The Bertz CT molecular complexity index is 393. The van der Waals surface area contributed by atoms with Gasteiger partial charge in [-0.05, 0) is 32.1 Å². The van der Waals surface area contributed by atoms with Crippen LogP contribution in [0, 0.1) is 5.92 Å². The van der Waals surface area contributed by atoms with Crippen molar-refractivity contribution in [1.82, 2.24) is 9.78 Å². The van der Waals surface area contributed by atoms with E-state index in [2.05, 4.69) is 24.3 Å². The van der Waals surface area contributed by atoms with E-state index in [4.69, 9.17) is 0 Å². The predicted octanol–water partition coefficient (Wildman–Crippen LogP) is 3.37. The van der Waals surface area contributed by atoms with Crippen LogP contribution in [0.3, 0.4) is 0 Å². The van der Waals surface area contributed by atoms with Gasteiger partial charge in [0.15, 0.2) is 0 Å². The van der Waals surface area contributed by atoms with Gasteiger partial charge in [-0.2, -0.15) is 5.10 Å². The molecule has 1 fully saturated rings. The maximum atomic E-state index is 12.0. The minimum Gasteiger partial charge on any atom is -0.311 e. The first-order chi connectivity index (χ1) is 8.70. The second-order valence-corrected chi connectivity index (χ2v) is 5.32. The monoisotopic (exact) mass is 249 g/mol. The number of carbonyl (C=O) groups is 1. The van der Waals surface area contributed by atoms with Gasteiger partial charge >= 0.3 is 0 Å². The first kappa shape index (κ1) is 13.1. The van der Waals surface area contributed by atoms with Crippen molar-refractivity contribution in [1.29, 1.82) is 0 Å². The van der Waals surface area contributed by atoms with E-state index >= 15 is 0 Å². The molecule has 1 amide bonds. The molecule has 100 valence electrons. The molecule has 1 aromatic rings. The molecule has 18 heavy (non-hydrogen) atoms. The van der Waals surface area contributed by atoms with Crippen LogP contribution in [0.5, 0.6) is 0 Å². The van der Waals surface area contributed by atoms with Gasteiger partial charge in [0.1, 0.15) is 5.82 Å². The second-order valence-electron chi connectivity index (χ2n) is 5.32. The van der Waals surface area contributed by atoms with Crippen LogP contribution in [0.2, 0.25) is 0 Å². The summed E-state index contributed by atoms with van der Waals surface area (Å²) < 4.78 is 1.90. The van der Waals surface area contributed by atoms with Crippen LogP contribution >= 0.6 is 0 Å². The molecule has 1 N–H and O–H groups in total.